The van der Waals surface area contributed by atoms with Crippen LogP contribution in [0, 0.1) is 0 Å². The highest BCUT2D eigenvalue weighted by Crippen LogP contribution is 2.29. The SMILES string of the molecule is c1ccc2c(c1)CCN2Cc1ccoc1CNC1CC1. The molecule has 2 aromatic rings. The second-order valence-electron chi connectivity index (χ2n) is 5.82. The van der Waals surface area contributed by atoms with Gasteiger partial charge in [-0.15, -0.1) is 0 Å². The Morgan fingerprint density at radius 3 is 3.00 bits per heavy atom. The molecule has 20 heavy (non-hydrogen) atoms. The highest BCUT2D eigenvalue weighted by molar-refractivity contribution is 5.58. The van der Waals surface area contributed by atoms with Crippen molar-refractivity contribution in [2.24, 2.45) is 0 Å². The van der Waals surface area contributed by atoms with Gasteiger partial charge >= 0.3 is 0 Å². The third-order valence-corrected chi connectivity index (χ3v) is 4.31. The Hall–Kier alpha value is -1.74. The molecule has 1 N–H and O–H groups in total. The lowest BCUT2D eigenvalue weighted by molar-refractivity contribution is 0.477. The number of benzene rings is 1. The predicted octanol–water partition coefficient (Wildman–Crippen LogP) is 3.09. The molecule has 1 aromatic carbocycles. The standard InChI is InChI=1S/C17H20N2O/c1-2-4-16-13(3-1)7-9-19(16)12-14-8-10-20-17(14)11-18-15-5-6-15/h1-4,8,10,15,18H,5-7,9,11-12H2. The van der Waals surface area contributed by atoms with Crippen LogP contribution >= 0.6 is 0 Å². The second-order valence-corrected chi connectivity index (χ2v) is 5.82. The third kappa shape index (κ3) is 2.34. The lowest BCUT2D eigenvalue weighted by Gasteiger charge is -2.19. The van der Waals surface area contributed by atoms with Gasteiger partial charge in [0.15, 0.2) is 0 Å². The van der Waals surface area contributed by atoms with Crippen LogP contribution in [-0.4, -0.2) is 12.6 Å². The molecule has 0 radical (unpaired) electrons. The van der Waals surface area contributed by atoms with Crippen molar-refractivity contribution in [3.63, 3.8) is 0 Å². The van der Waals surface area contributed by atoms with E-state index in [2.05, 4.69) is 40.5 Å². The summed E-state index contributed by atoms with van der Waals surface area (Å²) in [4.78, 5) is 2.46. The number of hydrogen-bond acceptors (Lipinski definition) is 3. The van der Waals surface area contributed by atoms with Crippen LogP contribution in [0.3, 0.4) is 0 Å². The molecule has 4 rings (SSSR count). The van der Waals surface area contributed by atoms with Gasteiger partial charge in [0, 0.05) is 30.4 Å². The van der Waals surface area contributed by atoms with E-state index in [1.165, 1.54) is 29.7 Å². The molecule has 3 heteroatoms. The minimum absolute atomic E-state index is 0.723. The van der Waals surface area contributed by atoms with Crippen molar-refractivity contribution >= 4 is 5.69 Å². The molecular weight excluding hydrogens is 248 g/mol. The number of furan rings is 1. The van der Waals surface area contributed by atoms with Gasteiger partial charge in [-0.1, -0.05) is 18.2 Å². The van der Waals surface area contributed by atoms with Crippen LogP contribution in [0.15, 0.2) is 41.0 Å². The fraction of sp³-hybridized carbons (Fsp3) is 0.412. The number of anilines is 1. The molecule has 3 nitrogen and oxygen atoms in total. The predicted molar refractivity (Wildman–Crippen MR) is 79.8 cm³/mol. The second kappa shape index (κ2) is 4.98. The monoisotopic (exact) mass is 268 g/mol. The Bertz CT molecular complexity index is 601. The van der Waals surface area contributed by atoms with Crippen molar-refractivity contribution in [2.75, 3.05) is 11.4 Å². The fourth-order valence-corrected chi connectivity index (χ4v) is 2.96. The largest absolute Gasteiger partial charge is 0.468 e. The van der Waals surface area contributed by atoms with E-state index in [1.54, 1.807) is 0 Å². The van der Waals surface area contributed by atoms with Crippen molar-refractivity contribution < 1.29 is 4.42 Å². The lowest BCUT2D eigenvalue weighted by Crippen LogP contribution is -2.21. The first kappa shape index (κ1) is 12.0. The average Bonchev–Trinajstić information content (AvgIpc) is 3.07. The Morgan fingerprint density at radius 1 is 1.20 bits per heavy atom. The van der Waals surface area contributed by atoms with Crippen molar-refractivity contribution in [2.45, 2.75) is 38.4 Å². The molecular formula is C17H20N2O. The van der Waals surface area contributed by atoms with Gasteiger partial charge in [0.2, 0.25) is 0 Å². The summed E-state index contributed by atoms with van der Waals surface area (Å²) in [5.74, 6) is 1.10. The summed E-state index contributed by atoms with van der Waals surface area (Å²) in [7, 11) is 0. The van der Waals surface area contributed by atoms with E-state index < -0.39 is 0 Å². The average molecular weight is 268 g/mol. The third-order valence-electron chi connectivity index (χ3n) is 4.31. The molecule has 0 bridgehead atoms. The maximum absolute atomic E-state index is 5.65. The zero-order valence-corrected chi connectivity index (χ0v) is 11.6. The molecule has 2 heterocycles. The highest BCUT2D eigenvalue weighted by atomic mass is 16.3. The molecule has 0 amide bonds. The molecule has 2 aliphatic rings. The first-order valence-electron chi connectivity index (χ1n) is 7.51. The zero-order valence-electron chi connectivity index (χ0n) is 11.6. The quantitative estimate of drug-likeness (QED) is 0.903. The summed E-state index contributed by atoms with van der Waals surface area (Å²) in [6.45, 7) is 2.93. The number of hydrogen-bond donors (Lipinski definition) is 1. The smallest absolute Gasteiger partial charge is 0.122 e. The Balaban J connectivity index is 1.48. The van der Waals surface area contributed by atoms with Crippen molar-refractivity contribution in [3.05, 3.63) is 53.5 Å². The van der Waals surface area contributed by atoms with Gasteiger partial charge in [0.1, 0.15) is 5.76 Å². The van der Waals surface area contributed by atoms with E-state index in [4.69, 9.17) is 4.42 Å². The van der Waals surface area contributed by atoms with Gasteiger partial charge in [0.25, 0.3) is 0 Å². The van der Waals surface area contributed by atoms with Crippen LogP contribution in [0.25, 0.3) is 0 Å². The minimum Gasteiger partial charge on any atom is -0.468 e. The van der Waals surface area contributed by atoms with Crippen LogP contribution in [-0.2, 0) is 19.5 Å². The van der Waals surface area contributed by atoms with Gasteiger partial charge in [-0.2, -0.15) is 0 Å². The number of nitrogens with one attached hydrogen (secondary N) is 1. The maximum atomic E-state index is 5.65. The summed E-state index contributed by atoms with van der Waals surface area (Å²) in [5, 5.41) is 3.53. The van der Waals surface area contributed by atoms with Crippen LogP contribution in [0.1, 0.15) is 29.7 Å². The van der Waals surface area contributed by atoms with Crippen molar-refractivity contribution in [1.29, 1.82) is 0 Å². The van der Waals surface area contributed by atoms with E-state index in [0.717, 1.165) is 37.9 Å². The number of fused-ring (bicyclic) bond motifs is 1. The van der Waals surface area contributed by atoms with Gasteiger partial charge < -0.3 is 14.6 Å². The van der Waals surface area contributed by atoms with Gasteiger partial charge in [-0.25, -0.2) is 0 Å². The molecule has 0 saturated heterocycles. The summed E-state index contributed by atoms with van der Waals surface area (Å²) < 4.78 is 5.65. The topological polar surface area (TPSA) is 28.4 Å². The van der Waals surface area contributed by atoms with E-state index >= 15 is 0 Å². The molecule has 0 atom stereocenters. The number of para-hydroxylation sites is 1. The van der Waals surface area contributed by atoms with Crippen LogP contribution in [0.5, 0.6) is 0 Å². The molecule has 0 spiro atoms. The zero-order chi connectivity index (χ0) is 13.4. The summed E-state index contributed by atoms with van der Waals surface area (Å²) in [6.07, 6.45) is 5.61. The van der Waals surface area contributed by atoms with Gasteiger partial charge in [0.05, 0.1) is 12.8 Å². The Kier molecular flexibility index (Phi) is 3.00. The van der Waals surface area contributed by atoms with Crippen LogP contribution in [0.2, 0.25) is 0 Å². The molecule has 1 aliphatic carbocycles. The molecule has 1 aromatic heterocycles. The maximum Gasteiger partial charge on any atom is 0.122 e. The van der Waals surface area contributed by atoms with Crippen molar-refractivity contribution in [1.82, 2.24) is 5.32 Å². The van der Waals surface area contributed by atoms with E-state index in [1.807, 2.05) is 6.26 Å². The summed E-state index contributed by atoms with van der Waals surface area (Å²) >= 11 is 0. The number of rotatable bonds is 5. The van der Waals surface area contributed by atoms with Crippen LogP contribution < -0.4 is 10.2 Å². The summed E-state index contributed by atoms with van der Waals surface area (Å²) in [6, 6.07) is 11.6. The van der Waals surface area contributed by atoms with Crippen molar-refractivity contribution in [3.8, 4) is 0 Å². The first-order valence-corrected chi connectivity index (χ1v) is 7.51. The normalized spacial score (nSPS) is 17.5. The van der Waals surface area contributed by atoms with Gasteiger partial charge in [-0.3, -0.25) is 0 Å². The number of nitrogens with zero attached hydrogens (tertiary/aromatic N) is 1. The Labute approximate surface area is 119 Å². The molecule has 104 valence electrons. The van der Waals surface area contributed by atoms with Gasteiger partial charge in [-0.05, 0) is 37.0 Å². The van der Waals surface area contributed by atoms with E-state index in [-0.39, 0.29) is 0 Å². The Morgan fingerprint density at radius 2 is 2.10 bits per heavy atom. The van der Waals surface area contributed by atoms with Crippen LogP contribution in [0.4, 0.5) is 5.69 Å². The first-order chi connectivity index (χ1) is 9.90. The highest BCUT2D eigenvalue weighted by Gasteiger charge is 2.23. The molecule has 1 aliphatic heterocycles. The molecule has 1 fully saturated rings. The van der Waals surface area contributed by atoms with E-state index in [0.29, 0.717) is 0 Å². The molecule has 1 saturated carbocycles. The fourth-order valence-electron chi connectivity index (χ4n) is 2.96. The lowest BCUT2D eigenvalue weighted by atomic mass is 10.2. The summed E-state index contributed by atoms with van der Waals surface area (Å²) in [5.41, 5.74) is 4.17. The molecule has 0 unspecified atom stereocenters. The van der Waals surface area contributed by atoms with E-state index in [9.17, 15) is 0 Å². The minimum atomic E-state index is 0.723.